The van der Waals surface area contributed by atoms with Gasteiger partial charge in [0.1, 0.15) is 17.2 Å². The van der Waals surface area contributed by atoms with Gasteiger partial charge in [-0.25, -0.2) is 0 Å². The molecule has 3 nitrogen and oxygen atoms in total. The second-order valence-corrected chi connectivity index (χ2v) is 10.0. The maximum absolute atomic E-state index is 11.8. The second-order valence-electron chi connectivity index (χ2n) is 10.0. The Bertz CT molecular complexity index is 999. The van der Waals surface area contributed by atoms with Crippen LogP contribution in [-0.2, 0) is 10.8 Å². The van der Waals surface area contributed by atoms with Gasteiger partial charge >= 0.3 is 0 Å². The number of hydrogen-bond donors (Lipinski definition) is 1. The zero-order chi connectivity index (χ0) is 23.0. The van der Waals surface area contributed by atoms with E-state index in [9.17, 15) is 5.11 Å². The predicted octanol–water partition coefficient (Wildman–Crippen LogP) is 7.34. The van der Waals surface area contributed by atoms with Crippen LogP contribution in [0.3, 0.4) is 0 Å². The van der Waals surface area contributed by atoms with E-state index >= 15 is 0 Å². The first-order valence-corrected chi connectivity index (χ1v) is 10.7. The molecular weight excluding hydrogens is 384 g/mol. The van der Waals surface area contributed by atoms with Crippen LogP contribution in [0.1, 0.15) is 52.7 Å². The van der Waals surface area contributed by atoms with Gasteiger partial charge in [0.15, 0.2) is 0 Å². The molecule has 3 rings (SSSR count). The molecule has 0 aliphatic rings. The number of ether oxygens (including phenoxy) is 2. The van der Waals surface area contributed by atoms with E-state index in [0.29, 0.717) is 5.75 Å². The van der Waals surface area contributed by atoms with E-state index in [4.69, 9.17) is 9.47 Å². The summed E-state index contributed by atoms with van der Waals surface area (Å²) in [6, 6.07) is 18.0. The van der Waals surface area contributed by atoms with Crippen molar-refractivity contribution in [2.45, 2.75) is 52.4 Å². The van der Waals surface area contributed by atoms with E-state index in [1.807, 2.05) is 48.5 Å². The normalized spacial score (nSPS) is 12.0. The highest BCUT2D eigenvalue weighted by Crippen LogP contribution is 2.49. The Balaban J connectivity index is 2.47. The Morgan fingerprint density at radius 1 is 0.613 bits per heavy atom. The van der Waals surface area contributed by atoms with Gasteiger partial charge in [-0.2, -0.15) is 0 Å². The lowest BCUT2D eigenvalue weighted by Gasteiger charge is -2.31. The minimum absolute atomic E-state index is 0.164. The molecule has 0 radical (unpaired) electrons. The van der Waals surface area contributed by atoms with Crippen LogP contribution in [0.4, 0.5) is 0 Å². The molecule has 0 amide bonds. The SMILES string of the molecule is COc1cccc(-c2c(C(C)(C)C)cc(C(C)(C)C)c(-c3cccc(OC)c3)c2O)c1. The molecule has 0 aromatic heterocycles. The van der Waals surface area contributed by atoms with Crippen LogP contribution >= 0.6 is 0 Å². The molecule has 3 aromatic carbocycles. The van der Waals surface area contributed by atoms with Crippen molar-refractivity contribution in [3.05, 3.63) is 65.7 Å². The van der Waals surface area contributed by atoms with Crippen LogP contribution in [0, 0.1) is 0 Å². The Hall–Kier alpha value is -2.94. The Morgan fingerprint density at radius 3 is 1.32 bits per heavy atom. The first-order chi connectivity index (χ1) is 14.5. The summed E-state index contributed by atoms with van der Waals surface area (Å²) < 4.78 is 10.9. The van der Waals surface area contributed by atoms with Gasteiger partial charge in [0, 0.05) is 11.1 Å². The Morgan fingerprint density at radius 2 is 1.00 bits per heavy atom. The number of rotatable bonds is 4. The summed E-state index contributed by atoms with van der Waals surface area (Å²) in [7, 11) is 3.32. The molecule has 0 atom stereocenters. The summed E-state index contributed by atoms with van der Waals surface area (Å²) in [5.41, 5.74) is 5.45. The largest absolute Gasteiger partial charge is 0.507 e. The number of aromatic hydroxyl groups is 1. The molecule has 0 fully saturated rings. The fourth-order valence-electron chi connectivity index (χ4n) is 3.99. The number of hydrogen-bond acceptors (Lipinski definition) is 3. The predicted molar refractivity (Wildman–Crippen MR) is 129 cm³/mol. The third kappa shape index (κ3) is 4.56. The molecule has 31 heavy (non-hydrogen) atoms. The van der Waals surface area contributed by atoms with Crippen molar-refractivity contribution in [2.24, 2.45) is 0 Å². The molecule has 3 aromatic rings. The van der Waals surface area contributed by atoms with E-state index in [1.54, 1.807) is 14.2 Å². The van der Waals surface area contributed by atoms with Crippen molar-refractivity contribution in [3.8, 4) is 39.5 Å². The quantitative estimate of drug-likeness (QED) is 0.482. The number of benzene rings is 3. The van der Waals surface area contributed by atoms with Crippen molar-refractivity contribution < 1.29 is 14.6 Å². The lowest BCUT2D eigenvalue weighted by molar-refractivity contribution is 0.415. The lowest BCUT2D eigenvalue weighted by Crippen LogP contribution is -2.19. The molecule has 0 heterocycles. The summed E-state index contributed by atoms with van der Waals surface area (Å²) in [5, 5.41) is 11.8. The molecule has 0 bridgehead atoms. The van der Waals surface area contributed by atoms with E-state index < -0.39 is 0 Å². The van der Waals surface area contributed by atoms with Crippen LogP contribution in [0.2, 0.25) is 0 Å². The van der Waals surface area contributed by atoms with Crippen LogP contribution in [0.15, 0.2) is 54.6 Å². The molecule has 0 aliphatic carbocycles. The van der Waals surface area contributed by atoms with Crippen molar-refractivity contribution in [2.75, 3.05) is 14.2 Å². The number of methoxy groups -OCH3 is 2. The van der Waals surface area contributed by atoms with Crippen molar-refractivity contribution in [1.82, 2.24) is 0 Å². The minimum atomic E-state index is -0.164. The minimum Gasteiger partial charge on any atom is -0.507 e. The smallest absolute Gasteiger partial charge is 0.131 e. The molecule has 3 heteroatoms. The highest BCUT2D eigenvalue weighted by molar-refractivity contribution is 5.88. The third-order valence-corrected chi connectivity index (χ3v) is 5.63. The van der Waals surface area contributed by atoms with Gasteiger partial charge in [0.05, 0.1) is 14.2 Å². The molecule has 0 aliphatic heterocycles. The first-order valence-electron chi connectivity index (χ1n) is 10.7. The average molecular weight is 419 g/mol. The van der Waals surface area contributed by atoms with Gasteiger partial charge in [-0.1, -0.05) is 71.9 Å². The van der Waals surface area contributed by atoms with Gasteiger partial charge in [-0.15, -0.1) is 0 Å². The molecule has 0 spiro atoms. The Labute approximate surface area is 186 Å². The van der Waals surface area contributed by atoms with Crippen LogP contribution in [0.25, 0.3) is 22.3 Å². The Kier molecular flexibility index (Phi) is 6.09. The molecule has 164 valence electrons. The zero-order valence-electron chi connectivity index (χ0n) is 20.0. The van der Waals surface area contributed by atoms with E-state index in [-0.39, 0.29) is 10.8 Å². The topological polar surface area (TPSA) is 38.7 Å². The van der Waals surface area contributed by atoms with Crippen molar-refractivity contribution in [1.29, 1.82) is 0 Å². The summed E-state index contributed by atoms with van der Waals surface area (Å²) in [6.07, 6.45) is 0. The monoisotopic (exact) mass is 418 g/mol. The first kappa shape index (κ1) is 22.7. The fourth-order valence-corrected chi connectivity index (χ4v) is 3.99. The third-order valence-electron chi connectivity index (χ3n) is 5.63. The van der Waals surface area contributed by atoms with Crippen molar-refractivity contribution in [3.63, 3.8) is 0 Å². The molecule has 0 saturated heterocycles. The highest BCUT2D eigenvalue weighted by Gasteiger charge is 2.30. The van der Waals surface area contributed by atoms with E-state index in [1.165, 1.54) is 0 Å². The zero-order valence-corrected chi connectivity index (χ0v) is 20.0. The van der Waals surface area contributed by atoms with E-state index in [2.05, 4.69) is 47.6 Å². The van der Waals surface area contributed by atoms with Crippen LogP contribution in [-0.4, -0.2) is 19.3 Å². The van der Waals surface area contributed by atoms with E-state index in [0.717, 1.165) is 44.9 Å². The van der Waals surface area contributed by atoms with Crippen LogP contribution in [0.5, 0.6) is 17.2 Å². The standard InChI is InChI=1S/C28H34O3/c1-27(2,3)22-17-23(28(4,5)6)25(19-12-10-14-21(16-19)31-8)26(29)24(22)18-11-9-13-20(15-18)30-7/h9-17,29H,1-8H3. The molecule has 0 saturated carbocycles. The van der Waals surface area contributed by atoms with Gasteiger partial charge < -0.3 is 14.6 Å². The fraction of sp³-hybridized carbons (Fsp3) is 0.357. The summed E-state index contributed by atoms with van der Waals surface area (Å²) in [4.78, 5) is 0. The lowest BCUT2D eigenvalue weighted by atomic mass is 9.73. The van der Waals surface area contributed by atoms with Gasteiger partial charge in [0.2, 0.25) is 0 Å². The van der Waals surface area contributed by atoms with Crippen LogP contribution < -0.4 is 9.47 Å². The average Bonchev–Trinajstić information content (AvgIpc) is 2.71. The summed E-state index contributed by atoms with van der Waals surface area (Å²) in [5.74, 6) is 1.82. The maximum Gasteiger partial charge on any atom is 0.131 e. The summed E-state index contributed by atoms with van der Waals surface area (Å²) >= 11 is 0. The van der Waals surface area contributed by atoms with Gasteiger partial charge in [0.25, 0.3) is 0 Å². The molecule has 0 unspecified atom stereocenters. The number of phenolic OH excluding ortho intramolecular Hbond substituents is 1. The van der Waals surface area contributed by atoms with Crippen molar-refractivity contribution >= 4 is 0 Å². The molecular formula is C28H34O3. The summed E-state index contributed by atoms with van der Waals surface area (Å²) in [6.45, 7) is 13.1. The maximum atomic E-state index is 11.8. The second kappa shape index (κ2) is 8.30. The number of phenols is 1. The van der Waals surface area contributed by atoms with Gasteiger partial charge in [-0.3, -0.25) is 0 Å². The van der Waals surface area contributed by atoms with Gasteiger partial charge in [-0.05, 0) is 57.3 Å². The highest BCUT2D eigenvalue weighted by atomic mass is 16.5. The molecule has 1 N–H and O–H groups in total.